The van der Waals surface area contributed by atoms with E-state index in [1.165, 1.54) is 18.6 Å². The van der Waals surface area contributed by atoms with Gasteiger partial charge in [-0.25, -0.2) is 4.39 Å². The summed E-state index contributed by atoms with van der Waals surface area (Å²) >= 11 is 0. The molecule has 1 aliphatic heterocycles. The van der Waals surface area contributed by atoms with E-state index in [1.54, 1.807) is 15.8 Å². The Labute approximate surface area is 162 Å². The summed E-state index contributed by atoms with van der Waals surface area (Å²) < 4.78 is 20.6. The molecule has 0 bridgehead atoms. The zero-order valence-corrected chi connectivity index (χ0v) is 15.9. The Morgan fingerprint density at radius 3 is 2.82 bits per heavy atom. The molecule has 1 aliphatic carbocycles. The van der Waals surface area contributed by atoms with Gasteiger partial charge in [0.05, 0.1) is 31.5 Å². The van der Waals surface area contributed by atoms with E-state index in [1.807, 2.05) is 13.8 Å². The highest BCUT2D eigenvalue weighted by Gasteiger charge is 2.47. The largest absolute Gasteiger partial charge is 0.490 e. The summed E-state index contributed by atoms with van der Waals surface area (Å²) in [6.07, 6.45) is 7.33. The molecule has 0 unspecified atom stereocenters. The predicted octanol–water partition coefficient (Wildman–Crippen LogP) is 2.69. The van der Waals surface area contributed by atoms with Crippen molar-refractivity contribution in [3.8, 4) is 11.8 Å². The van der Waals surface area contributed by atoms with Gasteiger partial charge in [0, 0.05) is 23.4 Å². The molecule has 146 valence electrons. The molecular formula is C20H22FN5O2. The smallest absolute Gasteiger partial charge is 0.228 e. The van der Waals surface area contributed by atoms with Crippen molar-refractivity contribution in [1.29, 1.82) is 5.26 Å². The van der Waals surface area contributed by atoms with Crippen molar-refractivity contribution < 1.29 is 13.9 Å². The zero-order valence-electron chi connectivity index (χ0n) is 15.9. The van der Waals surface area contributed by atoms with Crippen molar-refractivity contribution in [3.63, 3.8) is 0 Å². The van der Waals surface area contributed by atoms with Crippen molar-refractivity contribution in [3.05, 3.63) is 41.7 Å². The summed E-state index contributed by atoms with van der Waals surface area (Å²) in [5.74, 6) is 0.438. The molecule has 1 saturated carbocycles. The quantitative estimate of drug-likeness (QED) is 0.814. The van der Waals surface area contributed by atoms with E-state index in [9.17, 15) is 14.4 Å². The highest BCUT2D eigenvalue weighted by atomic mass is 19.1. The van der Waals surface area contributed by atoms with Crippen LogP contribution >= 0.6 is 0 Å². The molecule has 8 heteroatoms. The lowest BCUT2D eigenvalue weighted by Gasteiger charge is -2.45. The minimum Gasteiger partial charge on any atom is -0.490 e. The first-order valence-corrected chi connectivity index (χ1v) is 9.39. The highest BCUT2D eigenvalue weighted by molar-refractivity contribution is 5.82. The molecule has 28 heavy (non-hydrogen) atoms. The lowest BCUT2D eigenvalue weighted by atomic mass is 9.64. The molecule has 2 aromatic heterocycles. The molecule has 0 aromatic carbocycles. The van der Waals surface area contributed by atoms with E-state index in [2.05, 4.69) is 16.2 Å². The predicted molar refractivity (Wildman–Crippen MR) is 97.6 cm³/mol. The van der Waals surface area contributed by atoms with Crippen molar-refractivity contribution in [2.45, 2.75) is 39.3 Å². The third-order valence-corrected chi connectivity index (χ3v) is 5.98. The fourth-order valence-electron chi connectivity index (χ4n) is 4.06. The van der Waals surface area contributed by atoms with Crippen LogP contribution in [0.5, 0.6) is 5.75 Å². The second-order valence-corrected chi connectivity index (χ2v) is 8.04. The van der Waals surface area contributed by atoms with E-state index in [0.29, 0.717) is 31.0 Å². The third kappa shape index (κ3) is 3.11. The van der Waals surface area contributed by atoms with Gasteiger partial charge in [-0.05, 0) is 18.8 Å². The van der Waals surface area contributed by atoms with Crippen LogP contribution in [-0.2, 0) is 11.3 Å². The van der Waals surface area contributed by atoms with E-state index >= 15 is 0 Å². The van der Waals surface area contributed by atoms with Gasteiger partial charge in [0.1, 0.15) is 24.0 Å². The highest BCUT2D eigenvalue weighted by Crippen LogP contribution is 2.48. The Morgan fingerprint density at radius 1 is 1.36 bits per heavy atom. The first kappa shape index (κ1) is 18.4. The Bertz CT molecular complexity index is 942. The molecule has 0 atom stereocenters. The summed E-state index contributed by atoms with van der Waals surface area (Å²) in [5.41, 5.74) is 0.589. The van der Waals surface area contributed by atoms with Gasteiger partial charge in [0.25, 0.3) is 0 Å². The van der Waals surface area contributed by atoms with Crippen LogP contribution < -0.4 is 4.74 Å². The number of nitriles is 1. The minimum atomic E-state index is -0.549. The lowest BCUT2D eigenvalue weighted by Crippen LogP contribution is -2.49. The van der Waals surface area contributed by atoms with Crippen LogP contribution in [0.25, 0.3) is 0 Å². The number of ether oxygens (including phenoxy) is 1. The van der Waals surface area contributed by atoms with Crippen molar-refractivity contribution in [2.24, 2.45) is 11.3 Å². The number of hydrogen-bond acceptors (Lipinski definition) is 5. The van der Waals surface area contributed by atoms with Crippen molar-refractivity contribution in [1.82, 2.24) is 19.7 Å². The minimum absolute atomic E-state index is 0.0569. The fraction of sp³-hybridized carbons (Fsp3) is 0.500. The van der Waals surface area contributed by atoms with Crippen LogP contribution in [0.3, 0.4) is 0 Å². The van der Waals surface area contributed by atoms with Crippen molar-refractivity contribution in [2.75, 3.05) is 13.2 Å². The second-order valence-electron chi connectivity index (χ2n) is 8.04. The Balaban J connectivity index is 1.47. The maximum absolute atomic E-state index is 13.3. The molecule has 0 N–H and O–H groups in total. The maximum Gasteiger partial charge on any atom is 0.228 e. The van der Waals surface area contributed by atoms with E-state index in [4.69, 9.17) is 4.74 Å². The Morgan fingerprint density at radius 2 is 2.14 bits per heavy atom. The van der Waals surface area contributed by atoms with Gasteiger partial charge < -0.3 is 9.64 Å². The van der Waals surface area contributed by atoms with Crippen LogP contribution in [0.2, 0.25) is 0 Å². The summed E-state index contributed by atoms with van der Waals surface area (Å²) in [5, 5.41) is 13.3. The normalized spacial score (nSPS) is 21.7. The van der Waals surface area contributed by atoms with Gasteiger partial charge in [-0.3, -0.25) is 14.5 Å². The molecule has 7 nitrogen and oxygen atoms in total. The van der Waals surface area contributed by atoms with Gasteiger partial charge in [-0.15, -0.1) is 0 Å². The Hall–Kier alpha value is -2.95. The summed E-state index contributed by atoms with van der Waals surface area (Å²) in [6, 6.07) is 2.23. The molecule has 0 saturated heterocycles. The third-order valence-electron chi connectivity index (χ3n) is 5.98. The van der Waals surface area contributed by atoms with Crippen LogP contribution in [-0.4, -0.2) is 38.7 Å². The number of halogens is 1. The van der Waals surface area contributed by atoms with Gasteiger partial charge in [0.15, 0.2) is 5.82 Å². The van der Waals surface area contributed by atoms with Crippen LogP contribution in [0, 0.1) is 28.5 Å². The fourth-order valence-corrected chi connectivity index (χ4v) is 4.06. The number of hydrogen-bond donors (Lipinski definition) is 0. The SMILES string of the molecule is CC(C)(C(=O)N1CCOc2c(C#N)cncc2C1)C1CC(n2cc(F)cn2)C1. The van der Waals surface area contributed by atoms with Crippen LogP contribution in [0.15, 0.2) is 24.8 Å². The second kappa shape index (κ2) is 6.89. The van der Waals surface area contributed by atoms with Gasteiger partial charge in [0.2, 0.25) is 5.91 Å². The van der Waals surface area contributed by atoms with Gasteiger partial charge in [-0.2, -0.15) is 10.4 Å². The summed E-state index contributed by atoms with van der Waals surface area (Å²) in [7, 11) is 0. The first-order chi connectivity index (χ1) is 13.4. The number of fused-ring (bicyclic) bond motifs is 1. The number of rotatable bonds is 3. The maximum atomic E-state index is 13.3. The molecule has 1 amide bonds. The number of carbonyl (C=O) groups is 1. The monoisotopic (exact) mass is 383 g/mol. The van der Waals surface area contributed by atoms with E-state index < -0.39 is 5.41 Å². The molecule has 3 heterocycles. The van der Waals surface area contributed by atoms with Crippen molar-refractivity contribution >= 4 is 5.91 Å². The number of carbonyl (C=O) groups excluding carboxylic acids is 1. The average molecular weight is 383 g/mol. The van der Waals surface area contributed by atoms with E-state index in [-0.39, 0.29) is 23.7 Å². The molecular weight excluding hydrogens is 361 g/mol. The number of pyridine rings is 1. The summed E-state index contributed by atoms with van der Waals surface area (Å²) in [4.78, 5) is 19.2. The topological polar surface area (TPSA) is 84.0 Å². The Kier molecular flexibility index (Phi) is 4.53. The lowest BCUT2D eigenvalue weighted by molar-refractivity contribution is -0.147. The molecule has 2 aromatic rings. The molecule has 0 radical (unpaired) electrons. The molecule has 0 spiro atoms. The zero-order chi connectivity index (χ0) is 19.9. The van der Waals surface area contributed by atoms with E-state index in [0.717, 1.165) is 18.4 Å². The molecule has 1 fully saturated rings. The summed E-state index contributed by atoms with van der Waals surface area (Å²) in [6.45, 7) is 5.11. The molecule has 4 rings (SSSR count). The number of amides is 1. The standard InChI is InChI=1S/C20H22FN5O2/c1-20(2,15-5-17(6-15)26-12-16(21)10-24-26)19(27)25-3-4-28-18-13(7-22)8-23-9-14(18)11-25/h8-10,12,15,17H,3-6,11H2,1-2H3. The van der Waals surface area contributed by atoms with Gasteiger partial charge in [-0.1, -0.05) is 13.8 Å². The average Bonchev–Trinajstić information content (AvgIpc) is 2.93. The van der Waals surface area contributed by atoms with Gasteiger partial charge >= 0.3 is 0 Å². The van der Waals surface area contributed by atoms with Crippen LogP contribution in [0.4, 0.5) is 4.39 Å². The first-order valence-electron chi connectivity index (χ1n) is 9.39. The number of aromatic nitrogens is 3. The molecule has 2 aliphatic rings. The van der Waals surface area contributed by atoms with Crippen LogP contribution in [0.1, 0.15) is 43.9 Å². The number of nitrogens with zero attached hydrogens (tertiary/aromatic N) is 5.